The summed E-state index contributed by atoms with van der Waals surface area (Å²) in [5, 5.41) is 0. The van der Waals surface area contributed by atoms with E-state index in [1.165, 1.54) is 44.9 Å². The highest BCUT2D eigenvalue weighted by atomic mass is 16.1. The zero-order valence-corrected chi connectivity index (χ0v) is 11.1. The number of rotatable bonds is 11. The summed E-state index contributed by atoms with van der Waals surface area (Å²) < 4.78 is 0. The molecule has 0 aromatic heterocycles. The topological polar surface area (TPSA) is 17.1 Å². The average molecular weight is 224 g/mol. The number of carbonyl (C=O) groups is 1. The molecule has 0 aliphatic heterocycles. The first kappa shape index (κ1) is 15.4. The largest absolute Gasteiger partial charge is 0.298 e. The SMILES string of the molecule is C=C(C=O)C(CCCC)CCCCCCC. The molecule has 0 bridgehead atoms. The van der Waals surface area contributed by atoms with Crippen LogP contribution in [0.4, 0.5) is 0 Å². The number of aldehydes is 1. The van der Waals surface area contributed by atoms with Crippen molar-refractivity contribution in [1.29, 1.82) is 0 Å². The van der Waals surface area contributed by atoms with E-state index in [1.54, 1.807) is 0 Å². The van der Waals surface area contributed by atoms with Crippen LogP contribution < -0.4 is 0 Å². The summed E-state index contributed by atoms with van der Waals surface area (Å²) in [6.45, 7) is 8.30. The Morgan fingerprint density at radius 2 is 1.56 bits per heavy atom. The van der Waals surface area contributed by atoms with Crippen molar-refractivity contribution in [3.8, 4) is 0 Å². The fraction of sp³-hybridized carbons (Fsp3) is 0.800. The smallest absolute Gasteiger partial charge is 0.145 e. The van der Waals surface area contributed by atoms with Crippen LogP contribution in [0.1, 0.15) is 71.6 Å². The molecule has 0 spiro atoms. The van der Waals surface area contributed by atoms with Crippen LogP contribution in [0.3, 0.4) is 0 Å². The maximum absolute atomic E-state index is 10.7. The molecule has 0 amide bonds. The Bertz CT molecular complexity index is 184. The van der Waals surface area contributed by atoms with E-state index in [1.807, 2.05) is 0 Å². The molecule has 0 saturated carbocycles. The third-order valence-electron chi connectivity index (χ3n) is 3.24. The lowest BCUT2D eigenvalue weighted by atomic mass is 9.90. The van der Waals surface area contributed by atoms with Gasteiger partial charge >= 0.3 is 0 Å². The van der Waals surface area contributed by atoms with Crippen LogP contribution in [0.2, 0.25) is 0 Å². The second-order valence-electron chi connectivity index (χ2n) is 4.73. The molecule has 94 valence electrons. The van der Waals surface area contributed by atoms with Gasteiger partial charge in [0.25, 0.3) is 0 Å². The third kappa shape index (κ3) is 7.67. The molecular weight excluding hydrogens is 196 g/mol. The average Bonchev–Trinajstić information content (AvgIpc) is 2.31. The Labute approximate surface area is 101 Å². The maximum Gasteiger partial charge on any atom is 0.145 e. The molecule has 0 heterocycles. The number of allylic oxidation sites excluding steroid dienone is 1. The van der Waals surface area contributed by atoms with Crippen LogP contribution in [-0.2, 0) is 4.79 Å². The van der Waals surface area contributed by atoms with E-state index in [0.717, 1.165) is 24.7 Å². The minimum Gasteiger partial charge on any atom is -0.298 e. The molecule has 0 fully saturated rings. The van der Waals surface area contributed by atoms with E-state index in [0.29, 0.717) is 5.92 Å². The van der Waals surface area contributed by atoms with Crippen LogP contribution in [-0.4, -0.2) is 6.29 Å². The third-order valence-corrected chi connectivity index (χ3v) is 3.24. The normalized spacial score (nSPS) is 12.4. The Kier molecular flexibility index (Phi) is 10.5. The van der Waals surface area contributed by atoms with Crippen molar-refractivity contribution in [2.75, 3.05) is 0 Å². The molecule has 0 radical (unpaired) electrons. The monoisotopic (exact) mass is 224 g/mol. The predicted octanol–water partition coefficient (Wildman–Crippen LogP) is 4.91. The quantitative estimate of drug-likeness (QED) is 0.277. The summed E-state index contributed by atoms with van der Waals surface area (Å²) in [4.78, 5) is 10.7. The van der Waals surface area contributed by atoms with Crippen molar-refractivity contribution >= 4 is 6.29 Å². The molecular formula is C15H28O. The predicted molar refractivity (Wildman–Crippen MR) is 71.6 cm³/mol. The first-order valence-electron chi connectivity index (χ1n) is 6.90. The van der Waals surface area contributed by atoms with Crippen molar-refractivity contribution in [3.63, 3.8) is 0 Å². The molecule has 1 atom stereocenters. The second kappa shape index (κ2) is 10.9. The minimum atomic E-state index is 0.444. The minimum absolute atomic E-state index is 0.444. The number of unbranched alkanes of at least 4 members (excludes halogenated alkanes) is 5. The van der Waals surface area contributed by atoms with E-state index in [-0.39, 0.29) is 0 Å². The first-order valence-corrected chi connectivity index (χ1v) is 6.90. The molecule has 0 N–H and O–H groups in total. The lowest BCUT2D eigenvalue weighted by Crippen LogP contribution is -2.05. The summed E-state index contributed by atoms with van der Waals surface area (Å²) in [6, 6.07) is 0. The molecule has 0 saturated heterocycles. The van der Waals surface area contributed by atoms with E-state index < -0.39 is 0 Å². The molecule has 0 aliphatic rings. The zero-order chi connectivity index (χ0) is 12.2. The summed E-state index contributed by atoms with van der Waals surface area (Å²) in [7, 11) is 0. The lowest BCUT2D eigenvalue weighted by molar-refractivity contribution is -0.105. The second-order valence-corrected chi connectivity index (χ2v) is 4.73. The highest BCUT2D eigenvalue weighted by molar-refractivity contribution is 5.72. The first-order chi connectivity index (χ1) is 7.76. The molecule has 0 rings (SSSR count). The van der Waals surface area contributed by atoms with E-state index in [2.05, 4.69) is 20.4 Å². The van der Waals surface area contributed by atoms with Gasteiger partial charge in [-0.05, 0) is 24.3 Å². The Morgan fingerprint density at radius 1 is 1.00 bits per heavy atom. The van der Waals surface area contributed by atoms with Gasteiger partial charge in [-0.15, -0.1) is 0 Å². The van der Waals surface area contributed by atoms with Gasteiger partial charge in [0, 0.05) is 0 Å². The number of hydrogen-bond acceptors (Lipinski definition) is 1. The molecule has 1 unspecified atom stereocenters. The van der Waals surface area contributed by atoms with Crippen LogP contribution in [0, 0.1) is 5.92 Å². The number of carbonyl (C=O) groups excluding carboxylic acids is 1. The molecule has 0 aromatic carbocycles. The Hall–Kier alpha value is -0.590. The molecule has 0 aromatic rings. The summed E-state index contributed by atoms with van der Waals surface area (Å²) in [5.41, 5.74) is 0.809. The van der Waals surface area contributed by atoms with Crippen molar-refractivity contribution in [3.05, 3.63) is 12.2 Å². The van der Waals surface area contributed by atoms with Gasteiger partial charge in [0.1, 0.15) is 6.29 Å². The molecule has 1 nitrogen and oxygen atoms in total. The van der Waals surface area contributed by atoms with Crippen molar-refractivity contribution < 1.29 is 4.79 Å². The fourth-order valence-corrected chi connectivity index (χ4v) is 2.06. The summed E-state index contributed by atoms with van der Waals surface area (Å²) in [6.07, 6.45) is 12.2. The summed E-state index contributed by atoms with van der Waals surface area (Å²) >= 11 is 0. The van der Waals surface area contributed by atoms with Gasteiger partial charge in [-0.1, -0.05) is 65.4 Å². The van der Waals surface area contributed by atoms with Gasteiger partial charge in [0.05, 0.1) is 0 Å². The van der Waals surface area contributed by atoms with Gasteiger partial charge < -0.3 is 0 Å². The fourth-order valence-electron chi connectivity index (χ4n) is 2.06. The van der Waals surface area contributed by atoms with Crippen LogP contribution in [0.15, 0.2) is 12.2 Å². The van der Waals surface area contributed by atoms with E-state index in [9.17, 15) is 4.79 Å². The maximum atomic E-state index is 10.7. The van der Waals surface area contributed by atoms with Gasteiger partial charge in [-0.2, -0.15) is 0 Å². The lowest BCUT2D eigenvalue weighted by Gasteiger charge is -2.15. The highest BCUT2D eigenvalue weighted by Gasteiger charge is 2.11. The summed E-state index contributed by atoms with van der Waals surface area (Å²) in [5.74, 6) is 0.444. The zero-order valence-electron chi connectivity index (χ0n) is 11.1. The van der Waals surface area contributed by atoms with Crippen LogP contribution in [0.5, 0.6) is 0 Å². The van der Waals surface area contributed by atoms with Crippen molar-refractivity contribution in [1.82, 2.24) is 0 Å². The van der Waals surface area contributed by atoms with E-state index >= 15 is 0 Å². The number of hydrogen-bond donors (Lipinski definition) is 0. The molecule has 16 heavy (non-hydrogen) atoms. The standard InChI is InChI=1S/C15H28O/c1-4-6-8-9-10-12-15(11-7-5-2)14(3)13-16/h13,15H,3-12H2,1-2H3. The van der Waals surface area contributed by atoms with Gasteiger partial charge in [0.15, 0.2) is 0 Å². The molecule has 1 heteroatoms. The van der Waals surface area contributed by atoms with Gasteiger partial charge in [0.2, 0.25) is 0 Å². The Balaban J connectivity index is 3.73. The van der Waals surface area contributed by atoms with Gasteiger partial charge in [-0.25, -0.2) is 0 Å². The van der Waals surface area contributed by atoms with Crippen LogP contribution in [0.25, 0.3) is 0 Å². The highest BCUT2D eigenvalue weighted by Crippen LogP contribution is 2.22. The van der Waals surface area contributed by atoms with E-state index in [4.69, 9.17) is 0 Å². The van der Waals surface area contributed by atoms with Crippen molar-refractivity contribution in [2.24, 2.45) is 5.92 Å². The van der Waals surface area contributed by atoms with Crippen LogP contribution >= 0.6 is 0 Å². The molecule has 0 aliphatic carbocycles. The van der Waals surface area contributed by atoms with Crippen molar-refractivity contribution in [2.45, 2.75) is 71.6 Å². The Morgan fingerprint density at radius 3 is 2.12 bits per heavy atom. The van der Waals surface area contributed by atoms with Gasteiger partial charge in [-0.3, -0.25) is 4.79 Å².